The number of thioether (sulfide) groups is 2. The largest absolute Gasteiger partial charge is 0.507 e. The standard InChI is InChI=1S/C37H58N2O4S2/c1-34(2,3)26-17-24(18-27(32(26)42)35(4,5)6)21-44-15-13-30(40)38-23-39-31(41)14-16-45-22-25-19-28(36(7,8)9)33(43)29(20-25)37(10,11)12/h17-20,42-43H,13-16,21-23H2,1-12H3,(H,38,40)(H,39,41). The molecule has 0 saturated heterocycles. The molecule has 0 aliphatic heterocycles. The summed E-state index contributed by atoms with van der Waals surface area (Å²) in [5.74, 6) is 3.42. The molecule has 0 aliphatic carbocycles. The van der Waals surface area contributed by atoms with Crippen LogP contribution >= 0.6 is 23.5 Å². The Morgan fingerprint density at radius 2 is 0.822 bits per heavy atom. The van der Waals surface area contributed by atoms with Crippen LogP contribution in [0.5, 0.6) is 11.5 Å². The average molecular weight is 659 g/mol. The van der Waals surface area contributed by atoms with Crippen molar-refractivity contribution in [3.05, 3.63) is 57.6 Å². The molecule has 252 valence electrons. The Bertz CT molecular complexity index is 1150. The summed E-state index contributed by atoms with van der Waals surface area (Å²) in [6, 6.07) is 8.34. The number of nitrogens with one attached hydrogen (secondary N) is 2. The zero-order valence-electron chi connectivity index (χ0n) is 29.8. The van der Waals surface area contributed by atoms with Crippen LogP contribution in [0.2, 0.25) is 0 Å². The van der Waals surface area contributed by atoms with E-state index in [0.717, 1.165) is 44.9 Å². The molecule has 0 aliphatic rings. The first-order chi connectivity index (χ1) is 20.5. The van der Waals surface area contributed by atoms with Crippen molar-refractivity contribution in [2.75, 3.05) is 18.2 Å². The van der Waals surface area contributed by atoms with Gasteiger partial charge in [0.1, 0.15) is 11.5 Å². The summed E-state index contributed by atoms with van der Waals surface area (Å²) in [6.07, 6.45) is 0.735. The fraction of sp³-hybridized carbons (Fsp3) is 0.622. The van der Waals surface area contributed by atoms with Gasteiger partial charge in [-0.25, -0.2) is 0 Å². The summed E-state index contributed by atoms with van der Waals surface area (Å²) < 4.78 is 0. The fourth-order valence-electron chi connectivity index (χ4n) is 4.97. The number of phenols is 2. The van der Waals surface area contributed by atoms with Crippen LogP contribution in [0.15, 0.2) is 24.3 Å². The third-order valence-corrected chi connectivity index (χ3v) is 9.69. The quantitative estimate of drug-likeness (QED) is 0.135. The highest BCUT2D eigenvalue weighted by Gasteiger charge is 2.28. The van der Waals surface area contributed by atoms with Gasteiger partial charge in [0.2, 0.25) is 11.8 Å². The van der Waals surface area contributed by atoms with Crippen LogP contribution in [-0.2, 0) is 42.8 Å². The first kappa shape index (κ1) is 38.9. The Hall–Kier alpha value is -2.32. The van der Waals surface area contributed by atoms with Crippen LogP contribution in [0.25, 0.3) is 0 Å². The summed E-state index contributed by atoms with van der Waals surface area (Å²) in [7, 11) is 0. The number of carbonyl (C=O) groups is 2. The van der Waals surface area contributed by atoms with Crippen molar-refractivity contribution in [3.63, 3.8) is 0 Å². The van der Waals surface area contributed by atoms with Gasteiger partial charge in [0, 0.05) is 35.9 Å². The Kier molecular flexibility index (Phi) is 13.4. The zero-order chi connectivity index (χ0) is 34.4. The number of aromatic hydroxyl groups is 2. The van der Waals surface area contributed by atoms with Crippen LogP contribution in [0.3, 0.4) is 0 Å². The molecule has 0 unspecified atom stereocenters. The molecular formula is C37H58N2O4S2. The molecule has 0 spiro atoms. The average Bonchev–Trinajstić information content (AvgIpc) is 2.87. The van der Waals surface area contributed by atoms with Gasteiger partial charge in [-0.2, -0.15) is 23.5 Å². The molecule has 2 rings (SSSR count). The van der Waals surface area contributed by atoms with Crippen molar-refractivity contribution in [1.29, 1.82) is 0 Å². The van der Waals surface area contributed by atoms with E-state index in [1.165, 1.54) is 0 Å². The van der Waals surface area contributed by atoms with E-state index < -0.39 is 0 Å². The maximum Gasteiger partial charge on any atom is 0.222 e. The summed E-state index contributed by atoms with van der Waals surface area (Å²) in [5, 5.41) is 27.5. The highest BCUT2D eigenvalue weighted by Crippen LogP contribution is 2.41. The predicted octanol–water partition coefficient (Wildman–Crippen LogP) is 8.42. The molecule has 45 heavy (non-hydrogen) atoms. The van der Waals surface area contributed by atoms with E-state index in [1.807, 2.05) is 0 Å². The monoisotopic (exact) mass is 658 g/mol. The normalized spacial score (nSPS) is 12.7. The van der Waals surface area contributed by atoms with Crippen molar-refractivity contribution in [2.24, 2.45) is 0 Å². The molecule has 0 radical (unpaired) electrons. The molecule has 2 aromatic rings. The first-order valence-electron chi connectivity index (χ1n) is 15.9. The van der Waals surface area contributed by atoms with Crippen LogP contribution in [0.1, 0.15) is 129 Å². The Labute approximate surface area is 281 Å². The summed E-state index contributed by atoms with van der Waals surface area (Å²) >= 11 is 3.38. The van der Waals surface area contributed by atoms with Crippen LogP contribution < -0.4 is 10.6 Å². The van der Waals surface area contributed by atoms with Crippen molar-refractivity contribution >= 4 is 35.3 Å². The highest BCUT2D eigenvalue weighted by molar-refractivity contribution is 7.98. The van der Waals surface area contributed by atoms with Crippen LogP contribution in [0, 0.1) is 0 Å². The predicted molar refractivity (Wildman–Crippen MR) is 194 cm³/mol. The van der Waals surface area contributed by atoms with E-state index in [9.17, 15) is 19.8 Å². The van der Waals surface area contributed by atoms with E-state index in [2.05, 4.69) is 118 Å². The maximum absolute atomic E-state index is 12.4. The number of amides is 2. The second-order valence-corrected chi connectivity index (χ2v) is 18.3. The lowest BCUT2D eigenvalue weighted by atomic mass is 9.78. The van der Waals surface area contributed by atoms with Crippen molar-refractivity contribution in [1.82, 2.24) is 10.6 Å². The number of hydrogen-bond acceptors (Lipinski definition) is 6. The minimum atomic E-state index is -0.174. The van der Waals surface area contributed by atoms with Crippen molar-refractivity contribution < 1.29 is 19.8 Å². The van der Waals surface area contributed by atoms with E-state index in [1.54, 1.807) is 23.5 Å². The maximum atomic E-state index is 12.4. The SMILES string of the molecule is CC(C)(C)c1cc(CSCCC(=O)NCNC(=O)CCSCc2cc(C(C)(C)C)c(O)c(C(C)(C)C)c2)cc(C(C)(C)C)c1O. The summed E-state index contributed by atoms with van der Waals surface area (Å²) in [6.45, 7) is 25.4. The van der Waals surface area contributed by atoms with Gasteiger partial charge in [-0.05, 0) is 55.0 Å². The molecule has 4 N–H and O–H groups in total. The van der Waals surface area contributed by atoms with Gasteiger partial charge in [-0.1, -0.05) is 107 Å². The van der Waals surface area contributed by atoms with E-state index in [0.29, 0.717) is 35.8 Å². The summed E-state index contributed by atoms with van der Waals surface area (Å²) in [5.41, 5.74) is 5.38. The molecule has 0 fully saturated rings. The number of benzene rings is 2. The van der Waals surface area contributed by atoms with E-state index in [-0.39, 0.29) is 40.1 Å². The third-order valence-electron chi connectivity index (χ3n) is 7.63. The molecule has 0 atom stereocenters. The smallest absolute Gasteiger partial charge is 0.222 e. The third kappa shape index (κ3) is 12.1. The molecule has 0 bridgehead atoms. The van der Waals surface area contributed by atoms with Gasteiger partial charge in [-0.3, -0.25) is 9.59 Å². The topological polar surface area (TPSA) is 98.7 Å². The molecule has 2 amide bonds. The van der Waals surface area contributed by atoms with E-state index in [4.69, 9.17) is 0 Å². The lowest BCUT2D eigenvalue weighted by molar-refractivity contribution is -0.122. The Morgan fingerprint density at radius 3 is 1.07 bits per heavy atom. The van der Waals surface area contributed by atoms with Gasteiger partial charge in [0.15, 0.2) is 0 Å². The van der Waals surface area contributed by atoms with Crippen molar-refractivity contribution in [3.8, 4) is 11.5 Å². The van der Waals surface area contributed by atoms with Crippen LogP contribution in [-0.4, -0.2) is 40.2 Å². The van der Waals surface area contributed by atoms with Gasteiger partial charge in [0.25, 0.3) is 0 Å². The van der Waals surface area contributed by atoms with Crippen molar-refractivity contribution in [2.45, 2.75) is 129 Å². The molecule has 2 aromatic carbocycles. The van der Waals surface area contributed by atoms with E-state index >= 15 is 0 Å². The number of carbonyl (C=O) groups excluding carboxylic acids is 2. The van der Waals surface area contributed by atoms with Crippen LogP contribution in [0.4, 0.5) is 0 Å². The molecule has 0 heterocycles. The summed E-state index contributed by atoms with van der Waals surface area (Å²) in [4.78, 5) is 24.7. The molecule has 0 aromatic heterocycles. The molecule has 8 heteroatoms. The Morgan fingerprint density at radius 1 is 0.556 bits per heavy atom. The second-order valence-electron chi connectivity index (χ2n) is 16.1. The zero-order valence-corrected chi connectivity index (χ0v) is 31.4. The van der Waals surface area contributed by atoms with Gasteiger partial charge < -0.3 is 20.8 Å². The Balaban J connectivity index is 1.76. The minimum Gasteiger partial charge on any atom is -0.507 e. The highest BCUT2D eigenvalue weighted by atomic mass is 32.2. The first-order valence-corrected chi connectivity index (χ1v) is 18.3. The molecule has 0 saturated carbocycles. The second kappa shape index (κ2) is 15.5. The molecular weight excluding hydrogens is 601 g/mol. The lowest BCUT2D eigenvalue weighted by Crippen LogP contribution is -2.37. The van der Waals surface area contributed by atoms with Gasteiger partial charge >= 0.3 is 0 Å². The number of hydrogen-bond donors (Lipinski definition) is 4. The fourth-order valence-corrected chi connectivity index (χ4v) is 6.72. The minimum absolute atomic E-state index is 0.0923. The number of rotatable bonds is 12. The lowest BCUT2D eigenvalue weighted by Gasteiger charge is -2.28. The molecule has 6 nitrogen and oxygen atoms in total. The van der Waals surface area contributed by atoms with Gasteiger partial charge in [-0.15, -0.1) is 0 Å². The van der Waals surface area contributed by atoms with Gasteiger partial charge in [0.05, 0.1) is 6.67 Å². The number of phenolic OH excluding ortho intramolecular Hbond substituents is 2.